The Hall–Kier alpha value is -1.66. The first-order valence-corrected chi connectivity index (χ1v) is 5.97. The summed E-state index contributed by atoms with van der Waals surface area (Å²) < 4.78 is 0. The minimum Gasteiger partial charge on any atom is -0.328 e. The molecule has 1 aliphatic rings. The number of nitrogens with zero attached hydrogens (tertiary/aromatic N) is 1. The fraction of sp³-hybridized carbons (Fsp3) is 0.429. The van der Waals surface area contributed by atoms with Gasteiger partial charge in [0.15, 0.2) is 0 Å². The molecule has 0 saturated heterocycles. The van der Waals surface area contributed by atoms with Crippen molar-refractivity contribution in [2.24, 2.45) is 5.73 Å². The van der Waals surface area contributed by atoms with Crippen molar-refractivity contribution in [3.8, 4) is 6.07 Å². The van der Waals surface area contributed by atoms with Crippen molar-refractivity contribution in [1.29, 1.82) is 5.26 Å². The van der Waals surface area contributed by atoms with E-state index in [-0.39, 0.29) is 0 Å². The summed E-state index contributed by atoms with van der Waals surface area (Å²) in [5, 5.41) is 8.39. The van der Waals surface area contributed by atoms with Gasteiger partial charge in [-0.3, -0.25) is 4.79 Å². The van der Waals surface area contributed by atoms with Crippen molar-refractivity contribution in [1.82, 2.24) is 0 Å². The minimum absolute atomic E-state index is 0.518. The van der Waals surface area contributed by atoms with Crippen molar-refractivity contribution in [2.45, 2.75) is 38.1 Å². The highest BCUT2D eigenvalue weighted by atomic mass is 16.1. The summed E-state index contributed by atoms with van der Waals surface area (Å²) in [6.07, 6.45) is 7.39. The second kappa shape index (κ2) is 7.59. The third-order valence-electron chi connectivity index (χ3n) is 2.80. The molecular weight excluding hydrogens is 212 g/mol. The van der Waals surface area contributed by atoms with E-state index in [0.29, 0.717) is 17.2 Å². The molecule has 1 aromatic rings. The van der Waals surface area contributed by atoms with Gasteiger partial charge in [-0.2, -0.15) is 5.26 Å². The Morgan fingerprint density at radius 2 is 2.00 bits per heavy atom. The second-order valence-corrected chi connectivity index (χ2v) is 4.25. The zero-order valence-electron chi connectivity index (χ0n) is 9.93. The quantitative estimate of drug-likeness (QED) is 0.754. The lowest BCUT2D eigenvalue weighted by Crippen LogP contribution is -2.22. The number of hydrogen-bond donors (Lipinski definition) is 1. The third kappa shape index (κ3) is 5.28. The Labute approximate surface area is 102 Å². The lowest BCUT2D eigenvalue weighted by atomic mass is 9.97. The molecule has 3 heteroatoms. The fourth-order valence-electron chi connectivity index (χ4n) is 1.82. The Morgan fingerprint density at radius 3 is 2.47 bits per heavy atom. The molecule has 0 aliphatic heterocycles. The molecule has 0 radical (unpaired) electrons. The number of carbonyl (C=O) groups is 1. The van der Waals surface area contributed by atoms with Crippen molar-refractivity contribution < 1.29 is 4.79 Å². The summed E-state index contributed by atoms with van der Waals surface area (Å²) >= 11 is 0. The van der Waals surface area contributed by atoms with Crippen LogP contribution in [0, 0.1) is 11.3 Å². The Balaban J connectivity index is 0.000000181. The lowest BCUT2D eigenvalue weighted by Gasteiger charge is -2.15. The zero-order valence-corrected chi connectivity index (χ0v) is 9.93. The van der Waals surface area contributed by atoms with Crippen LogP contribution < -0.4 is 5.73 Å². The first kappa shape index (κ1) is 13.4. The van der Waals surface area contributed by atoms with Gasteiger partial charge in [-0.25, -0.2) is 0 Å². The molecule has 1 saturated carbocycles. The van der Waals surface area contributed by atoms with E-state index >= 15 is 0 Å². The van der Waals surface area contributed by atoms with Crippen molar-refractivity contribution in [3.63, 3.8) is 0 Å². The molecule has 1 fully saturated rings. The second-order valence-electron chi connectivity index (χ2n) is 4.25. The molecule has 1 aliphatic carbocycles. The average Bonchev–Trinajstić information content (AvgIpc) is 2.40. The van der Waals surface area contributed by atoms with E-state index in [4.69, 9.17) is 11.0 Å². The summed E-state index contributed by atoms with van der Waals surface area (Å²) in [5.41, 5.74) is 6.69. The standard InChI is InChI=1S/C8H5NO.C6H13N/c9-5-7-2-1-3-8(4-7)6-10;7-6-4-2-1-3-5-6/h1-4,6H;6H,1-5,7H2. The molecule has 2 rings (SSSR count). The summed E-state index contributed by atoms with van der Waals surface area (Å²) in [5.74, 6) is 0. The van der Waals surface area contributed by atoms with Crippen LogP contribution >= 0.6 is 0 Å². The van der Waals surface area contributed by atoms with Crippen LogP contribution in [0.4, 0.5) is 0 Å². The Morgan fingerprint density at radius 1 is 1.29 bits per heavy atom. The zero-order chi connectivity index (χ0) is 12.5. The van der Waals surface area contributed by atoms with Crippen LogP contribution in [-0.2, 0) is 0 Å². The van der Waals surface area contributed by atoms with Crippen LogP contribution in [0.25, 0.3) is 0 Å². The number of aldehydes is 1. The van der Waals surface area contributed by atoms with Crippen LogP contribution in [0.2, 0.25) is 0 Å². The van der Waals surface area contributed by atoms with Gasteiger partial charge in [0.25, 0.3) is 0 Å². The van der Waals surface area contributed by atoms with Crippen molar-refractivity contribution in [2.75, 3.05) is 0 Å². The van der Waals surface area contributed by atoms with E-state index in [9.17, 15) is 4.79 Å². The maximum absolute atomic E-state index is 10.2. The van der Waals surface area contributed by atoms with Gasteiger partial charge in [-0.05, 0) is 25.0 Å². The smallest absolute Gasteiger partial charge is 0.150 e. The Kier molecular flexibility index (Phi) is 5.98. The molecule has 0 unspecified atom stereocenters. The van der Waals surface area contributed by atoms with Crippen LogP contribution in [0.5, 0.6) is 0 Å². The van der Waals surface area contributed by atoms with Crippen LogP contribution in [0.1, 0.15) is 48.0 Å². The molecule has 0 heterocycles. The molecule has 1 aromatic carbocycles. The largest absolute Gasteiger partial charge is 0.328 e. The van der Waals surface area contributed by atoms with E-state index in [2.05, 4.69) is 0 Å². The molecular formula is C14H18N2O. The number of nitriles is 1. The SMILES string of the molecule is N#Cc1cccc(C=O)c1.NC1CCCCC1. The molecule has 17 heavy (non-hydrogen) atoms. The maximum atomic E-state index is 10.2. The lowest BCUT2D eigenvalue weighted by molar-refractivity contribution is 0.112. The number of carbonyl (C=O) groups excluding carboxylic acids is 1. The van der Waals surface area contributed by atoms with E-state index < -0.39 is 0 Å². The van der Waals surface area contributed by atoms with Gasteiger partial charge < -0.3 is 5.73 Å². The van der Waals surface area contributed by atoms with E-state index in [1.807, 2.05) is 6.07 Å². The highest BCUT2D eigenvalue weighted by Crippen LogP contribution is 2.14. The van der Waals surface area contributed by atoms with Gasteiger partial charge in [0.05, 0.1) is 11.6 Å². The molecule has 0 atom stereocenters. The molecule has 0 amide bonds. The number of nitrogens with two attached hydrogens (primary N) is 1. The Bertz CT molecular complexity index is 389. The predicted molar refractivity (Wildman–Crippen MR) is 67.6 cm³/mol. The van der Waals surface area contributed by atoms with Crippen molar-refractivity contribution in [3.05, 3.63) is 35.4 Å². The monoisotopic (exact) mass is 230 g/mol. The molecule has 90 valence electrons. The van der Waals surface area contributed by atoms with Crippen molar-refractivity contribution >= 4 is 6.29 Å². The number of rotatable bonds is 1. The average molecular weight is 230 g/mol. The molecule has 0 bridgehead atoms. The highest BCUT2D eigenvalue weighted by molar-refractivity contribution is 5.75. The first-order valence-electron chi connectivity index (χ1n) is 5.97. The van der Waals surface area contributed by atoms with Crippen LogP contribution in [0.3, 0.4) is 0 Å². The normalized spacial score (nSPS) is 15.3. The van der Waals surface area contributed by atoms with E-state index in [1.54, 1.807) is 24.3 Å². The summed E-state index contributed by atoms with van der Waals surface area (Å²) in [4.78, 5) is 10.2. The molecule has 0 spiro atoms. The minimum atomic E-state index is 0.518. The number of hydrogen-bond acceptors (Lipinski definition) is 3. The highest BCUT2D eigenvalue weighted by Gasteiger charge is 2.06. The summed E-state index contributed by atoms with van der Waals surface area (Å²) in [6.45, 7) is 0. The van der Waals surface area contributed by atoms with Gasteiger partial charge in [0.2, 0.25) is 0 Å². The van der Waals surface area contributed by atoms with Gasteiger partial charge in [-0.15, -0.1) is 0 Å². The van der Waals surface area contributed by atoms with E-state index in [1.165, 1.54) is 32.1 Å². The molecule has 0 aromatic heterocycles. The predicted octanol–water partition coefficient (Wildman–Crippen LogP) is 2.65. The van der Waals surface area contributed by atoms with Gasteiger partial charge in [0.1, 0.15) is 6.29 Å². The molecule has 2 N–H and O–H groups in total. The van der Waals surface area contributed by atoms with Crippen LogP contribution in [0.15, 0.2) is 24.3 Å². The first-order chi connectivity index (χ1) is 8.26. The molecule has 3 nitrogen and oxygen atoms in total. The third-order valence-corrected chi connectivity index (χ3v) is 2.80. The number of benzene rings is 1. The maximum Gasteiger partial charge on any atom is 0.150 e. The summed E-state index contributed by atoms with van der Waals surface area (Å²) in [6, 6.07) is 9.03. The van der Waals surface area contributed by atoms with Gasteiger partial charge in [0, 0.05) is 11.6 Å². The fourth-order valence-corrected chi connectivity index (χ4v) is 1.82. The van der Waals surface area contributed by atoms with Gasteiger partial charge >= 0.3 is 0 Å². The van der Waals surface area contributed by atoms with Gasteiger partial charge in [-0.1, -0.05) is 31.4 Å². The summed E-state index contributed by atoms with van der Waals surface area (Å²) in [7, 11) is 0. The van der Waals surface area contributed by atoms with Crippen LogP contribution in [-0.4, -0.2) is 12.3 Å². The topological polar surface area (TPSA) is 66.9 Å². The van der Waals surface area contributed by atoms with E-state index in [0.717, 1.165) is 6.29 Å².